The average molecular weight is 659 g/mol. The minimum atomic E-state index is -1.64. The Bertz CT molecular complexity index is 1290. The molecule has 0 aliphatic carbocycles. The summed E-state index contributed by atoms with van der Waals surface area (Å²) < 4.78 is 30.8. The molecular weight excluding hydrogens is 604 g/mol. The van der Waals surface area contributed by atoms with Crippen LogP contribution in [0.4, 0.5) is 0 Å². The molecule has 10 nitrogen and oxygen atoms in total. The Morgan fingerprint density at radius 2 is 1.66 bits per heavy atom. The quantitative estimate of drug-likeness (QED) is 0.290. The highest BCUT2D eigenvalue weighted by Gasteiger charge is 2.50. The average Bonchev–Trinajstić information content (AvgIpc) is 3.04. The molecule has 11 atom stereocenters. The molecule has 1 unspecified atom stereocenters. The molecule has 0 saturated carbocycles. The second-order valence-electron chi connectivity index (χ2n) is 13.8. The SMILES string of the molecule is CC/C1=C\[C@](C)(O)[C@@H](CC)OC(=O)[C@H](C)C(=O)[C@H](C)[C@@H](OC2O[C@H](C)C[C@H](C)[C@H]2OC(=O)c2ccccc2)[C@@](C)(OC)C[C@@H](C)C1=O. The Hall–Kier alpha value is -2.92. The third kappa shape index (κ3) is 8.96. The molecule has 3 rings (SSSR count). The van der Waals surface area contributed by atoms with E-state index in [0.717, 1.165) is 0 Å². The molecule has 1 aromatic carbocycles. The summed E-state index contributed by atoms with van der Waals surface area (Å²) in [4.78, 5) is 54.5. The predicted octanol–water partition coefficient (Wildman–Crippen LogP) is 5.63. The zero-order valence-electron chi connectivity index (χ0n) is 29.6. The molecule has 10 heteroatoms. The van der Waals surface area contributed by atoms with Crippen molar-refractivity contribution in [1.82, 2.24) is 0 Å². The Morgan fingerprint density at radius 3 is 2.23 bits per heavy atom. The summed E-state index contributed by atoms with van der Waals surface area (Å²) in [7, 11) is 1.48. The molecule has 0 amide bonds. The number of rotatable bonds is 7. The summed E-state index contributed by atoms with van der Waals surface area (Å²) in [5.74, 6) is -4.89. The fourth-order valence-electron chi connectivity index (χ4n) is 6.91. The molecule has 1 N–H and O–H groups in total. The van der Waals surface area contributed by atoms with Crippen LogP contribution in [0, 0.1) is 23.7 Å². The van der Waals surface area contributed by atoms with E-state index in [1.54, 1.807) is 58.0 Å². The van der Waals surface area contributed by atoms with Gasteiger partial charge in [-0.25, -0.2) is 4.79 Å². The molecular formula is C37H54O10. The van der Waals surface area contributed by atoms with Crippen molar-refractivity contribution in [2.45, 2.75) is 130 Å². The highest BCUT2D eigenvalue weighted by molar-refractivity contribution is 6.00. The van der Waals surface area contributed by atoms with Gasteiger partial charge in [-0.15, -0.1) is 0 Å². The Labute approximate surface area is 279 Å². The van der Waals surface area contributed by atoms with E-state index in [4.69, 9.17) is 23.7 Å². The lowest BCUT2D eigenvalue weighted by molar-refractivity contribution is -0.294. The molecule has 1 saturated heterocycles. The molecule has 1 aromatic rings. The predicted molar refractivity (Wildman–Crippen MR) is 175 cm³/mol. The standard InChI is InChI=1S/C37H54O10/c1-11-26-20-36(8,42)28(12-2)45-33(40)25(7)30(39)24(6)32(37(9,43-10)19-22(4)29(26)38)47-35-31(21(3)18-23(5)44-35)46-34(41)27-16-14-13-15-17-27/h13-17,20-25,28,31-32,35,42H,11-12,18-19H2,1-10H3/b26-20+/t21-,22+,23+,24-,25+,28+,31+,32+,35?,36-,37-/m0/s1. The van der Waals surface area contributed by atoms with Crippen molar-refractivity contribution in [2.24, 2.45) is 23.7 Å². The van der Waals surface area contributed by atoms with Crippen LogP contribution in [0.1, 0.15) is 98.4 Å². The molecule has 262 valence electrons. The highest BCUT2D eigenvalue weighted by Crippen LogP contribution is 2.38. The van der Waals surface area contributed by atoms with Crippen LogP contribution in [0.3, 0.4) is 0 Å². The van der Waals surface area contributed by atoms with Gasteiger partial charge in [0.1, 0.15) is 17.6 Å². The second-order valence-corrected chi connectivity index (χ2v) is 13.8. The van der Waals surface area contributed by atoms with Gasteiger partial charge in [-0.2, -0.15) is 0 Å². The monoisotopic (exact) mass is 658 g/mol. The van der Waals surface area contributed by atoms with E-state index in [1.807, 2.05) is 20.8 Å². The van der Waals surface area contributed by atoms with Gasteiger partial charge in [0.25, 0.3) is 0 Å². The number of benzene rings is 1. The lowest BCUT2D eigenvalue weighted by Crippen LogP contribution is -2.57. The van der Waals surface area contributed by atoms with Crippen molar-refractivity contribution in [3.63, 3.8) is 0 Å². The van der Waals surface area contributed by atoms with Gasteiger partial charge in [0, 0.05) is 24.9 Å². The van der Waals surface area contributed by atoms with Crippen molar-refractivity contribution in [1.29, 1.82) is 0 Å². The van der Waals surface area contributed by atoms with E-state index in [2.05, 4.69) is 0 Å². The number of methoxy groups -OCH3 is 1. The molecule has 0 bridgehead atoms. The maximum Gasteiger partial charge on any atom is 0.338 e. The van der Waals surface area contributed by atoms with Gasteiger partial charge in [-0.1, -0.05) is 52.8 Å². The van der Waals surface area contributed by atoms with E-state index < -0.39 is 71.3 Å². The number of carbonyl (C=O) groups excluding carboxylic acids is 4. The summed E-state index contributed by atoms with van der Waals surface area (Å²) in [6.45, 7) is 15.6. The second kappa shape index (κ2) is 16.0. The van der Waals surface area contributed by atoms with Crippen molar-refractivity contribution >= 4 is 23.5 Å². The summed E-state index contributed by atoms with van der Waals surface area (Å²) >= 11 is 0. The lowest BCUT2D eigenvalue weighted by Gasteiger charge is -2.46. The third-order valence-electron chi connectivity index (χ3n) is 9.79. The molecule has 2 heterocycles. The van der Waals surface area contributed by atoms with Gasteiger partial charge in [0.05, 0.1) is 23.4 Å². The van der Waals surface area contributed by atoms with Crippen molar-refractivity contribution in [3.05, 3.63) is 47.5 Å². The van der Waals surface area contributed by atoms with Gasteiger partial charge in [0.2, 0.25) is 0 Å². The van der Waals surface area contributed by atoms with Gasteiger partial charge >= 0.3 is 11.9 Å². The van der Waals surface area contributed by atoms with Crippen LogP contribution in [0.15, 0.2) is 42.0 Å². The van der Waals surface area contributed by atoms with E-state index >= 15 is 0 Å². The molecule has 1 fully saturated rings. The van der Waals surface area contributed by atoms with Gasteiger partial charge < -0.3 is 28.8 Å². The number of Topliss-reactive ketones (excluding diaryl/α,β-unsaturated/α-hetero) is 2. The van der Waals surface area contributed by atoms with Crippen molar-refractivity contribution < 1.29 is 48.0 Å². The smallest absolute Gasteiger partial charge is 0.338 e. The number of allylic oxidation sites excluding steroid dienone is 1. The molecule has 0 aromatic heterocycles. The summed E-state index contributed by atoms with van der Waals surface area (Å²) in [6, 6.07) is 8.63. The first-order valence-corrected chi connectivity index (χ1v) is 16.8. The normalized spacial score (nSPS) is 38.9. The number of ether oxygens (including phenoxy) is 5. The van der Waals surface area contributed by atoms with Crippen LogP contribution >= 0.6 is 0 Å². The number of ketones is 2. The van der Waals surface area contributed by atoms with E-state index in [0.29, 0.717) is 24.0 Å². The topological polar surface area (TPSA) is 135 Å². The Kier molecular flexibility index (Phi) is 13.1. The van der Waals surface area contributed by atoms with Gasteiger partial charge in [-0.3, -0.25) is 14.4 Å². The molecule has 0 spiro atoms. The van der Waals surface area contributed by atoms with Crippen LogP contribution in [0.2, 0.25) is 0 Å². The number of hydrogen-bond acceptors (Lipinski definition) is 10. The number of hydrogen-bond donors (Lipinski definition) is 1. The fraction of sp³-hybridized carbons (Fsp3) is 0.676. The number of esters is 2. The van der Waals surface area contributed by atoms with Crippen molar-refractivity contribution in [3.8, 4) is 0 Å². The van der Waals surface area contributed by atoms with Crippen LogP contribution < -0.4 is 0 Å². The summed E-state index contributed by atoms with van der Waals surface area (Å²) in [5, 5.41) is 11.4. The van der Waals surface area contributed by atoms with E-state index in [9.17, 15) is 24.3 Å². The number of aliphatic hydroxyl groups is 1. The summed E-state index contributed by atoms with van der Waals surface area (Å²) in [5.41, 5.74) is -2.11. The first-order chi connectivity index (χ1) is 22.0. The van der Waals surface area contributed by atoms with Crippen LogP contribution in [-0.2, 0) is 38.1 Å². The van der Waals surface area contributed by atoms with Crippen molar-refractivity contribution in [2.75, 3.05) is 7.11 Å². The molecule has 2 aliphatic rings. The largest absolute Gasteiger partial charge is 0.458 e. The molecule has 2 aliphatic heterocycles. The minimum Gasteiger partial charge on any atom is -0.458 e. The van der Waals surface area contributed by atoms with Gasteiger partial charge in [-0.05, 0) is 77.2 Å². The van der Waals surface area contributed by atoms with E-state index in [1.165, 1.54) is 27.0 Å². The molecule has 47 heavy (non-hydrogen) atoms. The minimum absolute atomic E-state index is 0.145. The number of carbonyl (C=O) groups is 4. The first kappa shape index (κ1) is 38.5. The molecule has 0 radical (unpaired) electrons. The lowest BCUT2D eigenvalue weighted by atomic mass is 9.76. The van der Waals surface area contributed by atoms with Crippen LogP contribution in [0.25, 0.3) is 0 Å². The third-order valence-corrected chi connectivity index (χ3v) is 9.79. The zero-order valence-corrected chi connectivity index (χ0v) is 29.6. The van der Waals surface area contributed by atoms with E-state index in [-0.39, 0.29) is 30.6 Å². The maximum absolute atomic E-state index is 14.1. The van der Waals surface area contributed by atoms with Crippen LogP contribution in [-0.4, -0.2) is 77.6 Å². The Balaban J connectivity index is 2.10. The van der Waals surface area contributed by atoms with Gasteiger partial charge in [0.15, 0.2) is 24.0 Å². The fourth-order valence-corrected chi connectivity index (χ4v) is 6.91. The zero-order chi connectivity index (χ0) is 35.3. The highest BCUT2D eigenvalue weighted by atomic mass is 16.7. The maximum atomic E-state index is 14.1. The summed E-state index contributed by atoms with van der Waals surface area (Å²) in [6.07, 6.45) is -1.33. The Morgan fingerprint density at radius 1 is 1.02 bits per heavy atom. The van der Waals surface area contributed by atoms with Crippen LogP contribution in [0.5, 0.6) is 0 Å². The first-order valence-electron chi connectivity index (χ1n) is 16.8. The number of cyclic esters (lactones) is 1.